The Labute approximate surface area is 153 Å². The predicted octanol–water partition coefficient (Wildman–Crippen LogP) is 2.93. The minimum Gasteiger partial charge on any atom is -0.348 e. The molecule has 3 aromatic rings. The van der Waals surface area contributed by atoms with Crippen LogP contribution in [0.25, 0.3) is 11.3 Å². The number of benzene rings is 1. The highest BCUT2D eigenvalue weighted by molar-refractivity contribution is 5.94. The SMILES string of the molecule is CCc1nn(C)c(CC)c1CNC(=O)c1cnnc(-c2ccccc2)c1. The van der Waals surface area contributed by atoms with Gasteiger partial charge >= 0.3 is 0 Å². The summed E-state index contributed by atoms with van der Waals surface area (Å²) < 4.78 is 1.90. The van der Waals surface area contributed by atoms with E-state index < -0.39 is 0 Å². The molecule has 0 unspecified atom stereocenters. The largest absolute Gasteiger partial charge is 0.348 e. The minimum absolute atomic E-state index is 0.162. The zero-order valence-electron chi connectivity index (χ0n) is 15.4. The summed E-state index contributed by atoms with van der Waals surface area (Å²) in [5.74, 6) is -0.162. The number of rotatable bonds is 6. The first-order valence-corrected chi connectivity index (χ1v) is 8.84. The highest BCUT2D eigenvalue weighted by atomic mass is 16.1. The maximum atomic E-state index is 12.6. The molecule has 0 aliphatic carbocycles. The smallest absolute Gasteiger partial charge is 0.253 e. The van der Waals surface area contributed by atoms with Crippen molar-refractivity contribution in [3.8, 4) is 11.3 Å². The van der Waals surface area contributed by atoms with E-state index in [1.54, 1.807) is 6.07 Å². The summed E-state index contributed by atoms with van der Waals surface area (Å²) >= 11 is 0. The van der Waals surface area contributed by atoms with E-state index in [2.05, 4.69) is 34.5 Å². The summed E-state index contributed by atoms with van der Waals surface area (Å²) in [6.07, 6.45) is 3.21. The van der Waals surface area contributed by atoms with E-state index in [-0.39, 0.29) is 5.91 Å². The van der Waals surface area contributed by atoms with Crippen molar-refractivity contribution in [2.24, 2.45) is 7.05 Å². The van der Waals surface area contributed by atoms with Gasteiger partial charge in [0.05, 0.1) is 23.1 Å². The monoisotopic (exact) mass is 349 g/mol. The molecule has 26 heavy (non-hydrogen) atoms. The van der Waals surface area contributed by atoms with Crippen molar-refractivity contribution < 1.29 is 4.79 Å². The highest BCUT2D eigenvalue weighted by Gasteiger charge is 2.15. The van der Waals surface area contributed by atoms with Crippen LogP contribution in [0.4, 0.5) is 0 Å². The fourth-order valence-electron chi connectivity index (χ4n) is 3.11. The Morgan fingerprint density at radius 2 is 1.92 bits per heavy atom. The van der Waals surface area contributed by atoms with Crippen molar-refractivity contribution in [3.05, 3.63) is 65.1 Å². The van der Waals surface area contributed by atoms with Crippen LogP contribution in [-0.4, -0.2) is 25.9 Å². The van der Waals surface area contributed by atoms with Crippen LogP contribution in [0.3, 0.4) is 0 Å². The van der Waals surface area contributed by atoms with Crippen LogP contribution in [0.2, 0.25) is 0 Å². The highest BCUT2D eigenvalue weighted by Crippen LogP contribution is 2.17. The third kappa shape index (κ3) is 3.64. The lowest BCUT2D eigenvalue weighted by Gasteiger charge is -2.08. The number of nitrogens with zero attached hydrogens (tertiary/aromatic N) is 4. The molecule has 134 valence electrons. The van der Waals surface area contributed by atoms with Gasteiger partial charge in [-0.3, -0.25) is 9.48 Å². The number of nitrogens with one attached hydrogen (secondary N) is 1. The maximum absolute atomic E-state index is 12.6. The molecule has 0 atom stereocenters. The van der Waals surface area contributed by atoms with Gasteiger partial charge in [-0.05, 0) is 18.9 Å². The normalized spacial score (nSPS) is 10.7. The Bertz CT molecular complexity index is 902. The number of aryl methyl sites for hydroxylation is 2. The molecule has 1 aromatic carbocycles. The van der Waals surface area contributed by atoms with Crippen molar-refractivity contribution in [3.63, 3.8) is 0 Å². The number of carbonyl (C=O) groups excluding carboxylic acids is 1. The van der Waals surface area contributed by atoms with E-state index in [0.29, 0.717) is 17.8 Å². The molecule has 0 aliphatic heterocycles. The Morgan fingerprint density at radius 3 is 2.62 bits per heavy atom. The fraction of sp³-hybridized carbons (Fsp3) is 0.300. The quantitative estimate of drug-likeness (QED) is 0.743. The van der Waals surface area contributed by atoms with E-state index >= 15 is 0 Å². The molecule has 0 saturated heterocycles. The number of aromatic nitrogens is 4. The van der Waals surface area contributed by atoms with Gasteiger partial charge in [0.25, 0.3) is 5.91 Å². The summed E-state index contributed by atoms with van der Waals surface area (Å²) in [6.45, 7) is 4.63. The second-order valence-corrected chi connectivity index (χ2v) is 6.08. The maximum Gasteiger partial charge on any atom is 0.253 e. The molecule has 0 saturated carbocycles. The standard InChI is InChI=1S/C20H23N5O/c1-4-17-16(19(5-2)25(3)24-17)13-21-20(26)15-11-18(23-22-12-15)14-9-7-6-8-10-14/h6-12H,4-5,13H2,1-3H3,(H,21,26). The van der Waals surface area contributed by atoms with Crippen LogP contribution in [0.5, 0.6) is 0 Å². The fourth-order valence-corrected chi connectivity index (χ4v) is 3.11. The number of carbonyl (C=O) groups is 1. The van der Waals surface area contributed by atoms with E-state index in [9.17, 15) is 4.79 Å². The zero-order chi connectivity index (χ0) is 18.5. The molecule has 6 heteroatoms. The van der Waals surface area contributed by atoms with Gasteiger partial charge in [-0.15, -0.1) is 0 Å². The minimum atomic E-state index is -0.162. The van der Waals surface area contributed by atoms with Gasteiger partial charge in [0.1, 0.15) is 0 Å². The zero-order valence-corrected chi connectivity index (χ0v) is 15.4. The van der Waals surface area contributed by atoms with E-state index in [1.807, 2.05) is 42.1 Å². The van der Waals surface area contributed by atoms with Crippen LogP contribution in [0, 0.1) is 0 Å². The number of hydrogen-bond donors (Lipinski definition) is 1. The molecule has 0 spiro atoms. The van der Waals surface area contributed by atoms with Crippen molar-refractivity contribution in [2.45, 2.75) is 33.2 Å². The first-order chi connectivity index (χ1) is 12.6. The molecule has 0 radical (unpaired) electrons. The Kier molecular flexibility index (Phi) is 5.41. The number of hydrogen-bond acceptors (Lipinski definition) is 4. The molecule has 0 bridgehead atoms. The molecule has 0 fully saturated rings. The first kappa shape index (κ1) is 17.8. The van der Waals surface area contributed by atoms with Gasteiger partial charge in [-0.2, -0.15) is 15.3 Å². The van der Waals surface area contributed by atoms with Gasteiger partial charge in [0.2, 0.25) is 0 Å². The van der Waals surface area contributed by atoms with Crippen LogP contribution in [-0.2, 0) is 26.4 Å². The summed E-state index contributed by atoms with van der Waals surface area (Å²) in [4.78, 5) is 12.6. The molecular formula is C20H23N5O. The van der Waals surface area contributed by atoms with Gasteiger partial charge in [-0.25, -0.2) is 0 Å². The molecule has 1 amide bonds. The molecule has 3 rings (SSSR count). The lowest BCUT2D eigenvalue weighted by atomic mass is 10.1. The molecule has 0 aliphatic rings. The van der Waals surface area contributed by atoms with E-state index in [0.717, 1.165) is 35.4 Å². The lowest BCUT2D eigenvalue weighted by Crippen LogP contribution is -2.24. The van der Waals surface area contributed by atoms with Gasteiger partial charge in [-0.1, -0.05) is 44.2 Å². The van der Waals surface area contributed by atoms with Crippen LogP contribution in [0.15, 0.2) is 42.6 Å². The predicted molar refractivity (Wildman–Crippen MR) is 101 cm³/mol. The summed E-state index contributed by atoms with van der Waals surface area (Å²) in [6, 6.07) is 11.5. The molecule has 1 N–H and O–H groups in total. The van der Waals surface area contributed by atoms with Crippen LogP contribution in [0.1, 0.15) is 41.2 Å². The number of amides is 1. The molecule has 2 heterocycles. The topological polar surface area (TPSA) is 72.7 Å². The van der Waals surface area contributed by atoms with Gasteiger partial charge in [0, 0.05) is 30.4 Å². The van der Waals surface area contributed by atoms with Crippen molar-refractivity contribution in [1.82, 2.24) is 25.3 Å². The third-order valence-electron chi connectivity index (χ3n) is 4.44. The summed E-state index contributed by atoms with van der Waals surface area (Å²) in [7, 11) is 1.95. The molecule has 2 aromatic heterocycles. The average molecular weight is 349 g/mol. The summed E-state index contributed by atoms with van der Waals surface area (Å²) in [5.41, 5.74) is 5.41. The van der Waals surface area contributed by atoms with Gasteiger partial charge < -0.3 is 5.32 Å². The first-order valence-electron chi connectivity index (χ1n) is 8.84. The Balaban J connectivity index is 1.78. The van der Waals surface area contributed by atoms with Crippen molar-refractivity contribution in [2.75, 3.05) is 0 Å². The summed E-state index contributed by atoms with van der Waals surface area (Å²) in [5, 5.41) is 15.7. The average Bonchev–Trinajstić information content (AvgIpc) is 3.01. The lowest BCUT2D eigenvalue weighted by molar-refractivity contribution is 0.0950. The van der Waals surface area contributed by atoms with Crippen molar-refractivity contribution in [1.29, 1.82) is 0 Å². The van der Waals surface area contributed by atoms with E-state index in [1.165, 1.54) is 6.20 Å². The van der Waals surface area contributed by atoms with E-state index in [4.69, 9.17) is 0 Å². The third-order valence-corrected chi connectivity index (χ3v) is 4.44. The van der Waals surface area contributed by atoms with Gasteiger partial charge in [0.15, 0.2) is 0 Å². The van der Waals surface area contributed by atoms with Crippen LogP contribution < -0.4 is 5.32 Å². The second kappa shape index (κ2) is 7.91. The van der Waals surface area contributed by atoms with Crippen molar-refractivity contribution >= 4 is 5.91 Å². The Morgan fingerprint density at radius 1 is 1.15 bits per heavy atom. The van der Waals surface area contributed by atoms with Crippen LogP contribution >= 0.6 is 0 Å². The molecule has 6 nitrogen and oxygen atoms in total. The Hall–Kier alpha value is -3.02. The molecular weight excluding hydrogens is 326 g/mol. The second-order valence-electron chi connectivity index (χ2n) is 6.08.